The van der Waals surface area contributed by atoms with Gasteiger partial charge >= 0.3 is 0 Å². The van der Waals surface area contributed by atoms with Crippen LogP contribution in [0.25, 0.3) is 0 Å². The third kappa shape index (κ3) is 4.34. The molecule has 2 saturated heterocycles. The molecular weight excluding hydrogens is 338 g/mol. The molecule has 5 heteroatoms. The molecule has 0 saturated carbocycles. The Morgan fingerprint density at radius 1 is 1.11 bits per heavy atom. The maximum Gasteiger partial charge on any atom is 0.225 e. The van der Waals surface area contributed by atoms with Gasteiger partial charge in [0.2, 0.25) is 11.8 Å². The molecule has 148 valence electrons. The number of likely N-dealkylation sites (tertiary alicyclic amines) is 2. The van der Waals surface area contributed by atoms with E-state index in [0.717, 1.165) is 19.6 Å². The molecule has 5 nitrogen and oxygen atoms in total. The number of nitrogens with one attached hydrogen (secondary N) is 1. The maximum absolute atomic E-state index is 12.9. The predicted octanol–water partition coefficient (Wildman–Crippen LogP) is 2.38. The van der Waals surface area contributed by atoms with Crippen molar-refractivity contribution < 1.29 is 9.59 Å². The molecule has 0 aromatic heterocycles. The molecule has 1 unspecified atom stereocenters. The van der Waals surface area contributed by atoms with Crippen LogP contribution in [0, 0.1) is 23.2 Å². The normalized spacial score (nSPS) is 21.7. The van der Waals surface area contributed by atoms with Gasteiger partial charge in [-0.25, -0.2) is 0 Å². The van der Waals surface area contributed by atoms with E-state index >= 15 is 0 Å². The van der Waals surface area contributed by atoms with E-state index in [-0.39, 0.29) is 29.1 Å². The second-order valence-electron chi connectivity index (χ2n) is 9.06. The fourth-order valence-corrected chi connectivity index (χ4v) is 4.38. The van der Waals surface area contributed by atoms with Gasteiger partial charge in [0.15, 0.2) is 0 Å². The summed E-state index contributed by atoms with van der Waals surface area (Å²) in [5.41, 5.74) is 1.17. The van der Waals surface area contributed by atoms with Crippen LogP contribution in [-0.4, -0.2) is 54.3 Å². The minimum absolute atomic E-state index is 0.0115. The Morgan fingerprint density at radius 3 is 2.37 bits per heavy atom. The summed E-state index contributed by atoms with van der Waals surface area (Å²) < 4.78 is 0. The van der Waals surface area contributed by atoms with Gasteiger partial charge in [0.1, 0.15) is 0 Å². The van der Waals surface area contributed by atoms with E-state index in [4.69, 9.17) is 0 Å². The van der Waals surface area contributed by atoms with Gasteiger partial charge in [-0.3, -0.25) is 14.5 Å². The van der Waals surface area contributed by atoms with Gasteiger partial charge in [-0.15, -0.1) is 0 Å². The van der Waals surface area contributed by atoms with E-state index in [0.29, 0.717) is 25.6 Å². The number of rotatable bonds is 6. The molecule has 2 aliphatic rings. The summed E-state index contributed by atoms with van der Waals surface area (Å²) in [6.45, 7) is 12.7. The molecule has 1 atom stereocenters. The third-order valence-electron chi connectivity index (χ3n) is 5.79. The molecule has 2 amide bonds. The van der Waals surface area contributed by atoms with Crippen molar-refractivity contribution in [3.05, 3.63) is 35.9 Å². The number of amides is 2. The number of hydrogen-bond donors (Lipinski definition) is 1. The predicted molar refractivity (Wildman–Crippen MR) is 107 cm³/mol. The molecule has 2 aliphatic heterocycles. The van der Waals surface area contributed by atoms with E-state index in [1.54, 1.807) is 0 Å². The molecule has 2 fully saturated rings. The number of carbonyl (C=O) groups is 2. The molecule has 1 N–H and O–H groups in total. The first-order valence-corrected chi connectivity index (χ1v) is 10.1. The Balaban J connectivity index is 1.70. The minimum Gasteiger partial charge on any atom is -0.356 e. The number of benzene rings is 1. The van der Waals surface area contributed by atoms with E-state index < -0.39 is 0 Å². The highest BCUT2D eigenvalue weighted by molar-refractivity contribution is 5.83. The molecule has 1 spiro atoms. The summed E-state index contributed by atoms with van der Waals surface area (Å²) in [4.78, 5) is 29.6. The summed E-state index contributed by atoms with van der Waals surface area (Å²) in [7, 11) is 0. The zero-order valence-corrected chi connectivity index (χ0v) is 17.1. The SMILES string of the molecule is CC(C)CNC(=O)C1CN(Cc2ccccc2)CC12CN(C(=O)C(C)C)C2. The van der Waals surface area contributed by atoms with Gasteiger partial charge in [-0.05, 0) is 11.5 Å². The number of nitrogens with zero attached hydrogens (tertiary/aromatic N) is 2. The quantitative estimate of drug-likeness (QED) is 0.835. The van der Waals surface area contributed by atoms with Crippen molar-refractivity contribution in [1.29, 1.82) is 0 Å². The Morgan fingerprint density at radius 2 is 1.78 bits per heavy atom. The monoisotopic (exact) mass is 371 g/mol. The lowest BCUT2D eigenvalue weighted by Crippen LogP contribution is -2.64. The van der Waals surface area contributed by atoms with Crippen molar-refractivity contribution in [2.24, 2.45) is 23.2 Å². The molecular formula is C22H33N3O2. The van der Waals surface area contributed by atoms with Crippen LogP contribution in [0.3, 0.4) is 0 Å². The van der Waals surface area contributed by atoms with Crippen molar-refractivity contribution >= 4 is 11.8 Å². The zero-order valence-electron chi connectivity index (χ0n) is 17.1. The summed E-state index contributed by atoms with van der Waals surface area (Å²) in [5, 5.41) is 3.13. The lowest BCUT2D eigenvalue weighted by atomic mass is 9.70. The van der Waals surface area contributed by atoms with Crippen LogP contribution in [0.2, 0.25) is 0 Å². The van der Waals surface area contributed by atoms with Crippen molar-refractivity contribution in [2.45, 2.75) is 34.2 Å². The standard InChI is InChI=1S/C22H33N3O2/c1-16(2)10-23-20(26)19-12-24(11-18-8-6-5-7-9-18)13-22(19)14-25(15-22)21(27)17(3)4/h5-9,16-17,19H,10-15H2,1-4H3,(H,23,26). The molecule has 0 radical (unpaired) electrons. The number of hydrogen-bond acceptors (Lipinski definition) is 3. The Kier molecular flexibility index (Phi) is 5.89. The third-order valence-corrected chi connectivity index (χ3v) is 5.79. The lowest BCUT2D eigenvalue weighted by molar-refractivity contribution is -0.152. The fraction of sp³-hybridized carbons (Fsp3) is 0.636. The molecule has 0 aliphatic carbocycles. The van der Waals surface area contributed by atoms with Crippen LogP contribution in [-0.2, 0) is 16.1 Å². The van der Waals surface area contributed by atoms with Crippen LogP contribution >= 0.6 is 0 Å². The first-order valence-electron chi connectivity index (χ1n) is 10.1. The second kappa shape index (κ2) is 8.01. The van der Waals surface area contributed by atoms with Crippen LogP contribution in [0.15, 0.2) is 30.3 Å². The van der Waals surface area contributed by atoms with Gasteiger partial charge in [-0.1, -0.05) is 58.0 Å². The fourth-order valence-electron chi connectivity index (χ4n) is 4.38. The van der Waals surface area contributed by atoms with E-state index in [1.807, 2.05) is 24.8 Å². The molecule has 1 aromatic carbocycles. The van der Waals surface area contributed by atoms with E-state index in [2.05, 4.69) is 48.3 Å². The van der Waals surface area contributed by atoms with Gasteiger partial charge < -0.3 is 10.2 Å². The summed E-state index contributed by atoms with van der Waals surface area (Å²) in [6, 6.07) is 10.4. The second-order valence-corrected chi connectivity index (χ2v) is 9.06. The van der Waals surface area contributed by atoms with Crippen LogP contribution in [0.1, 0.15) is 33.3 Å². The van der Waals surface area contributed by atoms with Crippen molar-refractivity contribution in [3.63, 3.8) is 0 Å². The Bertz CT molecular complexity index is 665. The topological polar surface area (TPSA) is 52.7 Å². The average molecular weight is 372 g/mol. The number of carbonyl (C=O) groups excluding carboxylic acids is 2. The molecule has 3 rings (SSSR count). The van der Waals surface area contributed by atoms with Gasteiger partial charge in [0, 0.05) is 50.6 Å². The van der Waals surface area contributed by atoms with Crippen molar-refractivity contribution in [3.8, 4) is 0 Å². The van der Waals surface area contributed by atoms with E-state index in [1.165, 1.54) is 5.56 Å². The van der Waals surface area contributed by atoms with E-state index in [9.17, 15) is 9.59 Å². The first-order chi connectivity index (χ1) is 12.8. The molecule has 27 heavy (non-hydrogen) atoms. The summed E-state index contributed by atoms with van der Waals surface area (Å²) in [5.74, 6) is 0.750. The Labute approximate surface area is 163 Å². The first kappa shape index (κ1) is 19.9. The van der Waals surface area contributed by atoms with Gasteiger partial charge in [-0.2, -0.15) is 0 Å². The van der Waals surface area contributed by atoms with Gasteiger partial charge in [0.05, 0.1) is 5.92 Å². The van der Waals surface area contributed by atoms with Crippen LogP contribution < -0.4 is 5.32 Å². The average Bonchev–Trinajstić information content (AvgIpc) is 2.98. The minimum atomic E-state index is -0.0968. The largest absolute Gasteiger partial charge is 0.356 e. The van der Waals surface area contributed by atoms with Crippen LogP contribution in [0.5, 0.6) is 0 Å². The summed E-state index contributed by atoms with van der Waals surface area (Å²) in [6.07, 6.45) is 0. The lowest BCUT2D eigenvalue weighted by Gasteiger charge is -2.51. The maximum atomic E-state index is 12.9. The highest BCUT2D eigenvalue weighted by Gasteiger charge is 2.57. The zero-order chi connectivity index (χ0) is 19.6. The molecule has 0 bridgehead atoms. The van der Waals surface area contributed by atoms with Crippen molar-refractivity contribution in [1.82, 2.24) is 15.1 Å². The van der Waals surface area contributed by atoms with Crippen LogP contribution in [0.4, 0.5) is 0 Å². The molecule has 1 aromatic rings. The van der Waals surface area contributed by atoms with Gasteiger partial charge in [0.25, 0.3) is 0 Å². The van der Waals surface area contributed by atoms with Crippen molar-refractivity contribution in [2.75, 3.05) is 32.7 Å². The summed E-state index contributed by atoms with van der Waals surface area (Å²) >= 11 is 0. The highest BCUT2D eigenvalue weighted by Crippen LogP contribution is 2.45. The smallest absolute Gasteiger partial charge is 0.225 e. The highest BCUT2D eigenvalue weighted by atomic mass is 16.2. The Hall–Kier alpha value is -1.88. The molecule has 2 heterocycles.